The maximum atomic E-state index is 12.5. The van der Waals surface area contributed by atoms with E-state index >= 15 is 0 Å². The second kappa shape index (κ2) is 5.78. The lowest BCUT2D eigenvalue weighted by atomic mass is 10.2. The van der Waals surface area contributed by atoms with Crippen molar-refractivity contribution in [2.75, 3.05) is 37.7 Å². The largest absolute Gasteiger partial charge is 0.384 e. The van der Waals surface area contributed by atoms with Crippen LogP contribution in [-0.4, -0.2) is 51.9 Å². The average molecular weight is 298 g/mol. The Morgan fingerprint density at radius 1 is 1.40 bits per heavy atom. The molecule has 0 radical (unpaired) electrons. The molecule has 110 valence electrons. The van der Waals surface area contributed by atoms with Crippen LogP contribution in [0.25, 0.3) is 0 Å². The zero-order valence-electron chi connectivity index (χ0n) is 11.2. The van der Waals surface area contributed by atoms with E-state index < -0.39 is 10.2 Å². The maximum absolute atomic E-state index is 12.5. The topological polar surface area (TPSA) is 99.7 Å². The van der Waals surface area contributed by atoms with Crippen LogP contribution in [0.3, 0.4) is 0 Å². The van der Waals surface area contributed by atoms with Gasteiger partial charge in [0.15, 0.2) is 0 Å². The molecule has 1 aromatic rings. The molecular formula is C12H18N4O3S. The number of nitrogens with zero attached hydrogens (tertiary/aromatic N) is 2. The predicted molar refractivity (Wildman–Crippen MR) is 77.2 cm³/mol. The van der Waals surface area contributed by atoms with Crippen molar-refractivity contribution in [3.8, 4) is 0 Å². The lowest BCUT2D eigenvalue weighted by Crippen LogP contribution is -2.47. The van der Waals surface area contributed by atoms with Gasteiger partial charge in [-0.05, 0) is 12.1 Å². The Balaban J connectivity index is 2.27. The van der Waals surface area contributed by atoms with Crippen LogP contribution in [0.2, 0.25) is 0 Å². The predicted octanol–water partition coefficient (Wildman–Crippen LogP) is -0.0161. The SMILES string of the molecule is CN(c1cccc(C(=N)N)c1)S(=O)(=O)N1CCOCC1. The van der Waals surface area contributed by atoms with Crippen molar-refractivity contribution in [1.29, 1.82) is 5.41 Å². The molecule has 1 fully saturated rings. The third-order valence-corrected chi connectivity index (χ3v) is 5.08. The zero-order valence-corrected chi connectivity index (χ0v) is 12.1. The van der Waals surface area contributed by atoms with Gasteiger partial charge in [0, 0.05) is 25.7 Å². The second-order valence-corrected chi connectivity index (χ2v) is 6.41. The minimum atomic E-state index is -3.58. The Morgan fingerprint density at radius 3 is 2.65 bits per heavy atom. The molecule has 20 heavy (non-hydrogen) atoms. The fourth-order valence-corrected chi connectivity index (χ4v) is 3.29. The first-order valence-corrected chi connectivity index (χ1v) is 7.59. The summed E-state index contributed by atoms with van der Waals surface area (Å²) in [6, 6.07) is 6.60. The molecular weight excluding hydrogens is 280 g/mol. The summed E-state index contributed by atoms with van der Waals surface area (Å²) in [5.74, 6) is -0.0935. The first-order chi connectivity index (χ1) is 9.43. The van der Waals surface area contributed by atoms with Gasteiger partial charge >= 0.3 is 10.2 Å². The molecule has 7 nitrogen and oxygen atoms in total. The van der Waals surface area contributed by atoms with Crippen LogP contribution < -0.4 is 10.0 Å². The summed E-state index contributed by atoms with van der Waals surface area (Å²) in [7, 11) is -2.09. The summed E-state index contributed by atoms with van der Waals surface area (Å²) in [4.78, 5) is 0. The van der Waals surface area contributed by atoms with Crippen molar-refractivity contribution in [3.05, 3.63) is 29.8 Å². The van der Waals surface area contributed by atoms with E-state index in [1.54, 1.807) is 24.3 Å². The van der Waals surface area contributed by atoms with Crippen LogP contribution in [0.1, 0.15) is 5.56 Å². The van der Waals surface area contributed by atoms with Crippen molar-refractivity contribution in [2.24, 2.45) is 5.73 Å². The molecule has 3 N–H and O–H groups in total. The minimum absolute atomic E-state index is 0.0935. The van der Waals surface area contributed by atoms with Crippen LogP contribution in [0.5, 0.6) is 0 Å². The van der Waals surface area contributed by atoms with Crippen molar-refractivity contribution in [2.45, 2.75) is 0 Å². The summed E-state index contributed by atoms with van der Waals surface area (Å²) in [6.45, 7) is 1.50. The zero-order chi connectivity index (χ0) is 14.8. The number of hydrogen-bond acceptors (Lipinski definition) is 4. The first-order valence-electron chi connectivity index (χ1n) is 6.19. The fraction of sp³-hybridized carbons (Fsp3) is 0.417. The Bertz CT molecular complexity index is 596. The Kier molecular flexibility index (Phi) is 4.26. The molecule has 0 aromatic heterocycles. The van der Waals surface area contributed by atoms with Gasteiger partial charge in [0.05, 0.1) is 18.9 Å². The molecule has 0 amide bonds. The molecule has 0 spiro atoms. The van der Waals surface area contributed by atoms with Crippen LogP contribution >= 0.6 is 0 Å². The number of rotatable bonds is 4. The molecule has 1 aliphatic rings. The Labute approximate surface area is 118 Å². The number of anilines is 1. The van der Waals surface area contributed by atoms with Gasteiger partial charge < -0.3 is 10.5 Å². The minimum Gasteiger partial charge on any atom is -0.384 e. The number of morpholine rings is 1. The molecule has 0 saturated carbocycles. The second-order valence-electron chi connectivity index (χ2n) is 4.45. The van der Waals surface area contributed by atoms with Crippen molar-refractivity contribution in [3.63, 3.8) is 0 Å². The van der Waals surface area contributed by atoms with E-state index in [9.17, 15) is 8.42 Å². The van der Waals surface area contributed by atoms with Crippen LogP contribution in [0, 0.1) is 5.41 Å². The standard InChI is InChI=1S/C12H18N4O3S/c1-15(11-4-2-3-10(9-11)12(13)14)20(17,18)16-5-7-19-8-6-16/h2-4,9H,5-8H2,1H3,(H3,13,14). The van der Waals surface area contributed by atoms with Gasteiger partial charge in [-0.2, -0.15) is 12.7 Å². The molecule has 1 saturated heterocycles. The first kappa shape index (κ1) is 14.8. The summed E-state index contributed by atoms with van der Waals surface area (Å²) < 4.78 is 32.7. The van der Waals surface area contributed by atoms with Crippen LogP contribution in [0.4, 0.5) is 5.69 Å². The quantitative estimate of drug-likeness (QED) is 0.603. The van der Waals surface area contributed by atoms with Gasteiger partial charge in [-0.3, -0.25) is 9.71 Å². The van der Waals surface area contributed by atoms with E-state index in [2.05, 4.69) is 0 Å². The number of ether oxygens (including phenoxy) is 1. The lowest BCUT2D eigenvalue weighted by Gasteiger charge is -2.31. The van der Waals surface area contributed by atoms with Gasteiger partial charge in [0.2, 0.25) is 0 Å². The van der Waals surface area contributed by atoms with E-state index in [1.807, 2.05) is 0 Å². The van der Waals surface area contributed by atoms with Crippen LogP contribution in [-0.2, 0) is 14.9 Å². The summed E-state index contributed by atoms with van der Waals surface area (Å²) in [5, 5.41) is 7.41. The fourth-order valence-electron chi connectivity index (χ4n) is 1.95. The summed E-state index contributed by atoms with van der Waals surface area (Å²) >= 11 is 0. The van der Waals surface area contributed by atoms with Crippen molar-refractivity contribution < 1.29 is 13.2 Å². The van der Waals surface area contributed by atoms with Crippen molar-refractivity contribution in [1.82, 2.24) is 4.31 Å². The lowest BCUT2D eigenvalue weighted by molar-refractivity contribution is 0.0730. The Hall–Kier alpha value is -1.64. The highest BCUT2D eigenvalue weighted by Crippen LogP contribution is 2.20. The number of nitrogen functional groups attached to an aromatic ring is 1. The van der Waals surface area contributed by atoms with Gasteiger partial charge in [-0.25, -0.2) is 0 Å². The molecule has 8 heteroatoms. The summed E-state index contributed by atoms with van der Waals surface area (Å²) in [5.41, 5.74) is 6.39. The van der Waals surface area contributed by atoms with E-state index in [4.69, 9.17) is 15.9 Å². The third kappa shape index (κ3) is 2.92. The van der Waals surface area contributed by atoms with Crippen molar-refractivity contribution >= 4 is 21.7 Å². The number of nitrogens with one attached hydrogen (secondary N) is 1. The number of hydrogen-bond donors (Lipinski definition) is 2. The van der Waals surface area contributed by atoms with E-state index in [0.717, 1.165) is 0 Å². The highest BCUT2D eigenvalue weighted by molar-refractivity contribution is 7.90. The maximum Gasteiger partial charge on any atom is 0.303 e. The van der Waals surface area contributed by atoms with Gasteiger partial charge in [-0.15, -0.1) is 0 Å². The van der Waals surface area contributed by atoms with E-state index in [0.29, 0.717) is 37.6 Å². The summed E-state index contributed by atoms with van der Waals surface area (Å²) in [6.07, 6.45) is 0. The Morgan fingerprint density at radius 2 is 2.05 bits per heavy atom. The van der Waals surface area contributed by atoms with Gasteiger partial charge in [0.25, 0.3) is 0 Å². The van der Waals surface area contributed by atoms with E-state index in [-0.39, 0.29) is 5.84 Å². The molecule has 1 aromatic carbocycles. The number of benzene rings is 1. The molecule has 0 aliphatic carbocycles. The van der Waals surface area contributed by atoms with E-state index in [1.165, 1.54) is 15.7 Å². The molecule has 1 heterocycles. The van der Waals surface area contributed by atoms with Gasteiger partial charge in [0.1, 0.15) is 5.84 Å². The molecule has 1 aliphatic heterocycles. The van der Waals surface area contributed by atoms with Gasteiger partial charge in [-0.1, -0.05) is 12.1 Å². The number of amidine groups is 1. The highest BCUT2D eigenvalue weighted by atomic mass is 32.2. The molecule has 0 atom stereocenters. The number of nitrogens with two attached hydrogens (primary N) is 1. The smallest absolute Gasteiger partial charge is 0.303 e. The molecule has 0 unspecified atom stereocenters. The molecule has 0 bridgehead atoms. The average Bonchev–Trinajstić information content (AvgIpc) is 2.47. The highest BCUT2D eigenvalue weighted by Gasteiger charge is 2.28. The van der Waals surface area contributed by atoms with Crippen LogP contribution in [0.15, 0.2) is 24.3 Å². The monoisotopic (exact) mass is 298 g/mol. The molecule has 2 rings (SSSR count). The third-order valence-electron chi connectivity index (χ3n) is 3.16. The normalized spacial score (nSPS) is 16.9.